The van der Waals surface area contributed by atoms with E-state index >= 15 is 0 Å². The molecule has 2 aromatic rings. The first-order valence-electron chi connectivity index (χ1n) is 6.53. The van der Waals surface area contributed by atoms with Gasteiger partial charge in [0, 0.05) is 10.9 Å². The highest BCUT2D eigenvalue weighted by atomic mass is 35.5. The highest BCUT2D eigenvalue weighted by Gasteiger charge is 2.13. The van der Waals surface area contributed by atoms with E-state index in [1.54, 1.807) is 24.3 Å². The molecule has 0 bridgehead atoms. The maximum atomic E-state index is 13.7. The lowest BCUT2D eigenvalue weighted by molar-refractivity contribution is 0.297. The van der Waals surface area contributed by atoms with E-state index in [2.05, 4.69) is 0 Å². The van der Waals surface area contributed by atoms with Gasteiger partial charge in [-0.25, -0.2) is 4.39 Å². The highest BCUT2D eigenvalue weighted by Crippen LogP contribution is 2.22. The molecule has 2 nitrogen and oxygen atoms in total. The van der Waals surface area contributed by atoms with Gasteiger partial charge in [0.2, 0.25) is 0 Å². The van der Waals surface area contributed by atoms with Crippen molar-refractivity contribution in [3.05, 3.63) is 64.9 Å². The molecular formula is C16H17ClFNO. The lowest BCUT2D eigenvalue weighted by atomic mass is 9.96. The first kappa shape index (κ1) is 14.8. The Morgan fingerprint density at radius 2 is 1.80 bits per heavy atom. The molecule has 0 saturated heterocycles. The number of benzene rings is 2. The van der Waals surface area contributed by atoms with Gasteiger partial charge in [-0.1, -0.05) is 29.8 Å². The lowest BCUT2D eigenvalue weighted by Crippen LogP contribution is -2.16. The number of halogens is 2. The summed E-state index contributed by atoms with van der Waals surface area (Å²) in [5.74, 6) is 0.497. The molecule has 0 aliphatic heterocycles. The molecule has 0 aromatic heterocycles. The fraction of sp³-hybridized carbons (Fsp3) is 0.250. The molecule has 0 heterocycles. The van der Waals surface area contributed by atoms with Gasteiger partial charge in [0.05, 0.1) is 6.61 Å². The molecule has 2 rings (SSSR count). The predicted octanol–water partition coefficient (Wildman–Crippen LogP) is 3.99. The Balaban J connectivity index is 1.91. The molecule has 20 heavy (non-hydrogen) atoms. The second kappa shape index (κ2) is 7.27. The standard InChI is InChI=1S/C16H17ClFNO/c17-13-5-7-14(8-6-13)20-10-9-12(11-19)15-3-1-2-4-16(15)18/h1-8,12H,9-11,19H2. The summed E-state index contributed by atoms with van der Waals surface area (Å²) in [4.78, 5) is 0. The van der Waals surface area contributed by atoms with Crippen molar-refractivity contribution in [1.29, 1.82) is 0 Å². The largest absolute Gasteiger partial charge is 0.494 e. The van der Waals surface area contributed by atoms with E-state index in [0.717, 1.165) is 5.75 Å². The zero-order valence-corrected chi connectivity index (χ0v) is 11.8. The molecule has 0 amide bonds. The van der Waals surface area contributed by atoms with Crippen LogP contribution in [0.5, 0.6) is 5.75 Å². The number of nitrogens with two attached hydrogens (primary N) is 1. The van der Waals surface area contributed by atoms with Crippen LogP contribution in [0.4, 0.5) is 4.39 Å². The molecule has 0 fully saturated rings. The summed E-state index contributed by atoms with van der Waals surface area (Å²) in [6.45, 7) is 0.878. The van der Waals surface area contributed by atoms with Gasteiger partial charge in [0.25, 0.3) is 0 Å². The smallest absolute Gasteiger partial charge is 0.126 e. The van der Waals surface area contributed by atoms with Crippen molar-refractivity contribution in [3.63, 3.8) is 0 Å². The molecule has 4 heteroatoms. The van der Waals surface area contributed by atoms with Crippen molar-refractivity contribution in [1.82, 2.24) is 0 Å². The molecule has 0 spiro atoms. The molecular weight excluding hydrogens is 277 g/mol. The molecule has 0 saturated carbocycles. The summed E-state index contributed by atoms with van der Waals surface area (Å²) in [7, 11) is 0. The molecule has 1 atom stereocenters. The Labute approximate surface area is 123 Å². The SMILES string of the molecule is NCC(CCOc1ccc(Cl)cc1)c1ccccc1F. The van der Waals surface area contributed by atoms with Crippen molar-refractivity contribution in [2.75, 3.05) is 13.2 Å². The minimum absolute atomic E-state index is 0.0384. The van der Waals surface area contributed by atoms with Gasteiger partial charge in [-0.3, -0.25) is 0 Å². The maximum Gasteiger partial charge on any atom is 0.126 e. The average molecular weight is 294 g/mol. The van der Waals surface area contributed by atoms with E-state index < -0.39 is 0 Å². The van der Waals surface area contributed by atoms with Crippen LogP contribution in [0.25, 0.3) is 0 Å². The Morgan fingerprint density at radius 1 is 1.10 bits per heavy atom. The summed E-state index contributed by atoms with van der Waals surface area (Å²) in [6.07, 6.45) is 0.667. The van der Waals surface area contributed by atoms with E-state index in [1.165, 1.54) is 6.07 Å². The second-order valence-corrected chi connectivity index (χ2v) is 4.98. The van der Waals surface area contributed by atoms with Crippen LogP contribution in [0.2, 0.25) is 5.02 Å². The third kappa shape index (κ3) is 3.95. The van der Waals surface area contributed by atoms with Gasteiger partial charge < -0.3 is 10.5 Å². The molecule has 1 unspecified atom stereocenters. The van der Waals surface area contributed by atoms with Gasteiger partial charge in [-0.05, 0) is 48.9 Å². The van der Waals surface area contributed by atoms with Crippen LogP contribution in [0.15, 0.2) is 48.5 Å². The monoisotopic (exact) mass is 293 g/mol. The Hall–Kier alpha value is -1.58. The number of rotatable bonds is 6. The van der Waals surface area contributed by atoms with Gasteiger partial charge in [0.15, 0.2) is 0 Å². The Morgan fingerprint density at radius 3 is 2.45 bits per heavy atom. The molecule has 0 radical (unpaired) electrons. The zero-order valence-electron chi connectivity index (χ0n) is 11.1. The van der Waals surface area contributed by atoms with Crippen LogP contribution in [0.3, 0.4) is 0 Å². The van der Waals surface area contributed by atoms with Crippen molar-refractivity contribution < 1.29 is 9.13 Å². The van der Waals surface area contributed by atoms with E-state index in [4.69, 9.17) is 22.1 Å². The molecule has 2 aromatic carbocycles. The van der Waals surface area contributed by atoms with Crippen LogP contribution in [-0.2, 0) is 0 Å². The molecule has 0 aliphatic carbocycles. The topological polar surface area (TPSA) is 35.2 Å². The Bertz CT molecular complexity index is 544. The molecule has 0 aliphatic rings. The van der Waals surface area contributed by atoms with Crippen LogP contribution >= 0.6 is 11.6 Å². The quantitative estimate of drug-likeness (QED) is 0.874. The van der Waals surface area contributed by atoms with Gasteiger partial charge >= 0.3 is 0 Å². The first-order chi connectivity index (χ1) is 9.70. The van der Waals surface area contributed by atoms with Crippen molar-refractivity contribution in [2.45, 2.75) is 12.3 Å². The third-order valence-corrected chi connectivity index (χ3v) is 3.43. The molecule has 2 N–H and O–H groups in total. The normalized spacial score (nSPS) is 12.2. The van der Waals surface area contributed by atoms with Crippen LogP contribution in [0, 0.1) is 5.82 Å². The fourth-order valence-electron chi connectivity index (χ4n) is 2.06. The maximum absolute atomic E-state index is 13.7. The van der Waals surface area contributed by atoms with Gasteiger partial charge in [-0.15, -0.1) is 0 Å². The number of hydrogen-bond donors (Lipinski definition) is 1. The predicted molar refractivity (Wildman–Crippen MR) is 79.8 cm³/mol. The highest BCUT2D eigenvalue weighted by molar-refractivity contribution is 6.30. The first-order valence-corrected chi connectivity index (χ1v) is 6.91. The van der Waals surface area contributed by atoms with Crippen LogP contribution in [0.1, 0.15) is 17.9 Å². The zero-order chi connectivity index (χ0) is 14.4. The van der Waals surface area contributed by atoms with Crippen molar-refractivity contribution in [2.24, 2.45) is 5.73 Å². The lowest BCUT2D eigenvalue weighted by Gasteiger charge is -2.16. The summed E-state index contributed by atoms with van der Waals surface area (Å²) in [5.41, 5.74) is 6.38. The second-order valence-electron chi connectivity index (χ2n) is 4.55. The average Bonchev–Trinajstić information content (AvgIpc) is 2.47. The van der Waals surface area contributed by atoms with Crippen molar-refractivity contribution >= 4 is 11.6 Å². The van der Waals surface area contributed by atoms with E-state index in [-0.39, 0.29) is 11.7 Å². The van der Waals surface area contributed by atoms with Gasteiger partial charge in [-0.2, -0.15) is 0 Å². The van der Waals surface area contributed by atoms with Crippen LogP contribution in [-0.4, -0.2) is 13.2 Å². The van der Waals surface area contributed by atoms with E-state index in [9.17, 15) is 4.39 Å². The third-order valence-electron chi connectivity index (χ3n) is 3.18. The Kier molecular flexibility index (Phi) is 5.39. The van der Waals surface area contributed by atoms with E-state index in [0.29, 0.717) is 30.2 Å². The minimum Gasteiger partial charge on any atom is -0.494 e. The summed E-state index contributed by atoms with van der Waals surface area (Å²) in [6, 6.07) is 13.9. The number of hydrogen-bond acceptors (Lipinski definition) is 2. The number of ether oxygens (including phenoxy) is 1. The molecule has 106 valence electrons. The summed E-state index contributed by atoms with van der Waals surface area (Å²) >= 11 is 5.80. The van der Waals surface area contributed by atoms with Crippen molar-refractivity contribution in [3.8, 4) is 5.75 Å². The minimum atomic E-state index is -0.213. The fourth-order valence-corrected chi connectivity index (χ4v) is 2.18. The summed E-state index contributed by atoms with van der Waals surface area (Å²) in [5, 5.41) is 0.670. The van der Waals surface area contributed by atoms with Gasteiger partial charge in [0.1, 0.15) is 11.6 Å². The van der Waals surface area contributed by atoms with Crippen LogP contribution < -0.4 is 10.5 Å². The van der Waals surface area contributed by atoms with E-state index in [1.807, 2.05) is 18.2 Å². The summed E-state index contributed by atoms with van der Waals surface area (Å²) < 4.78 is 19.3.